The van der Waals surface area contributed by atoms with E-state index in [9.17, 15) is 0 Å². The molecule has 0 heterocycles. The lowest BCUT2D eigenvalue weighted by molar-refractivity contribution is -0.0566. The topological polar surface area (TPSA) is 0 Å². The third kappa shape index (κ3) is 1.25. The second-order valence-electron chi connectivity index (χ2n) is 5.58. The van der Waals surface area contributed by atoms with Crippen molar-refractivity contribution in [1.82, 2.24) is 0 Å². The van der Waals surface area contributed by atoms with Crippen LogP contribution in [0.1, 0.15) is 57.8 Å². The standard InChI is InChI=1S/C13H22/c1-2-6-10-11(7-3-1)13-9-5-4-8-12(10)13/h10-13H,1-9H2/t10-,11?,12-,13+/m0/s1. The molecule has 0 N–H and O–H groups in total. The highest BCUT2D eigenvalue weighted by Crippen LogP contribution is 2.58. The molecular weight excluding hydrogens is 156 g/mol. The minimum Gasteiger partial charge on any atom is -0.0533 e. The molecule has 3 aliphatic carbocycles. The van der Waals surface area contributed by atoms with Crippen LogP contribution in [-0.4, -0.2) is 0 Å². The number of hydrogen-bond acceptors (Lipinski definition) is 0. The molecule has 0 saturated heterocycles. The lowest BCUT2D eigenvalue weighted by Crippen LogP contribution is -2.47. The van der Waals surface area contributed by atoms with Crippen LogP contribution in [0.5, 0.6) is 0 Å². The average molecular weight is 178 g/mol. The largest absolute Gasteiger partial charge is 0.0533 e. The van der Waals surface area contributed by atoms with E-state index < -0.39 is 0 Å². The summed E-state index contributed by atoms with van der Waals surface area (Å²) in [6.07, 6.45) is 14.1. The van der Waals surface area contributed by atoms with E-state index in [1.807, 2.05) is 0 Å². The number of rotatable bonds is 0. The van der Waals surface area contributed by atoms with Crippen molar-refractivity contribution in [3.8, 4) is 0 Å². The van der Waals surface area contributed by atoms with Gasteiger partial charge in [0.15, 0.2) is 0 Å². The molecule has 13 heavy (non-hydrogen) atoms. The summed E-state index contributed by atoms with van der Waals surface area (Å²) in [5.41, 5.74) is 0. The zero-order valence-electron chi connectivity index (χ0n) is 8.67. The molecule has 3 aliphatic rings. The molecule has 4 atom stereocenters. The van der Waals surface area contributed by atoms with Crippen LogP contribution in [0.25, 0.3) is 0 Å². The fourth-order valence-corrected chi connectivity index (χ4v) is 4.53. The fraction of sp³-hybridized carbons (Fsp3) is 1.00. The van der Waals surface area contributed by atoms with E-state index in [2.05, 4.69) is 0 Å². The summed E-state index contributed by atoms with van der Waals surface area (Å²) in [4.78, 5) is 0. The summed E-state index contributed by atoms with van der Waals surface area (Å²) >= 11 is 0. The van der Waals surface area contributed by atoms with E-state index in [0.29, 0.717) is 0 Å². The van der Waals surface area contributed by atoms with Crippen molar-refractivity contribution in [2.24, 2.45) is 23.7 Å². The lowest BCUT2D eigenvalue weighted by atomic mass is 9.50. The van der Waals surface area contributed by atoms with Crippen LogP contribution in [0.4, 0.5) is 0 Å². The Morgan fingerprint density at radius 3 is 1.08 bits per heavy atom. The number of fused-ring (bicyclic) bond motifs is 4. The Kier molecular flexibility index (Phi) is 2.11. The summed E-state index contributed by atoms with van der Waals surface area (Å²) in [6, 6.07) is 0. The van der Waals surface area contributed by atoms with Gasteiger partial charge in [-0.3, -0.25) is 0 Å². The van der Waals surface area contributed by atoms with E-state index in [1.54, 1.807) is 51.4 Å². The number of hydrogen-bond donors (Lipinski definition) is 0. The molecule has 0 radical (unpaired) electrons. The van der Waals surface area contributed by atoms with E-state index in [1.165, 1.54) is 30.1 Å². The molecule has 0 aromatic rings. The van der Waals surface area contributed by atoms with Gasteiger partial charge >= 0.3 is 0 Å². The summed E-state index contributed by atoms with van der Waals surface area (Å²) in [6.45, 7) is 0. The first-order valence-corrected chi connectivity index (χ1v) is 6.47. The van der Waals surface area contributed by atoms with Crippen molar-refractivity contribution in [2.45, 2.75) is 57.8 Å². The molecule has 0 aliphatic heterocycles. The van der Waals surface area contributed by atoms with Crippen molar-refractivity contribution in [2.75, 3.05) is 0 Å². The van der Waals surface area contributed by atoms with E-state index in [0.717, 1.165) is 0 Å². The first-order valence-electron chi connectivity index (χ1n) is 6.47. The highest BCUT2D eigenvalue weighted by atomic mass is 14.5. The van der Waals surface area contributed by atoms with Gasteiger partial charge in [0.25, 0.3) is 0 Å². The third-order valence-corrected chi connectivity index (χ3v) is 5.10. The smallest absolute Gasteiger partial charge is 0.0352 e. The first-order chi connectivity index (χ1) is 6.47. The Morgan fingerprint density at radius 2 is 0.692 bits per heavy atom. The molecule has 1 unspecified atom stereocenters. The predicted molar refractivity (Wildman–Crippen MR) is 55.5 cm³/mol. The molecule has 0 amide bonds. The maximum absolute atomic E-state index is 1.59. The Hall–Kier alpha value is 0. The minimum atomic E-state index is 1.19. The highest BCUT2D eigenvalue weighted by molar-refractivity contribution is 4.99. The Morgan fingerprint density at radius 1 is 0.385 bits per heavy atom. The molecule has 0 bridgehead atoms. The molecular formula is C13H22. The van der Waals surface area contributed by atoms with Crippen LogP contribution in [0.3, 0.4) is 0 Å². The zero-order valence-corrected chi connectivity index (χ0v) is 8.67. The summed E-state index contributed by atoms with van der Waals surface area (Å²) in [5.74, 6) is 4.76. The molecule has 0 aromatic heterocycles. The van der Waals surface area contributed by atoms with E-state index >= 15 is 0 Å². The highest BCUT2D eigenvalue weighted by Gasteiger charge is 2.49. The van der Waals surface area contributed by atoms with E-state index in [4.69, 9.17) is 0 Å². The monoisotopic (exact) mass is 178 g/mol. The average Bonchev–Trinajstić information content (AvgIpc) is 2.37. The Bertz CT molecular complexity index is 164. The summed E-state index contributed by atoms with van der Waals surface area (Å²) < 4.78 is 0. The SMILES string of the molecule is C1CCC2[C@H]3CCCC[C@H]3[C@H]2CC1. The third-order valence-electron chi connectivity index (χ3n) is 5.10. The Balaban J connectivity index is 1.72. The van der Waals surface area contributed by atoms with Crippen molar-refractivity contribution < 1.29 is 0 Å². The molecule has 0 aromatic carbocycles. The molecule has 0 spiro atoms. The summed E-state index contributed by atoms with van der Waals surface area (Å²) in [7, 11) is 0. The van der Waals surface area contributed by atoms with Gasteiger partial charge in [0.05, 0.1) is 0 Å². The fourth-order valence-electron chi connectivity index (χ4n) is 4.53. The first kappa shape index (κ1) is 8.32. The molecule has 3 fully saturated rings. The van der Waals surface area contributed by atoms with Crippen LogP contribution in [-0.2, 0) is 0 Å². The van der Waals surface area contributed by atoms with Gasteiger partial charge in [-0.05, 0) is 49.4 Å². The van der Waals surface area contributed by atoms with Gasteiger partial charge in [-0.25, -0.2) is 0 Å². The van der Waals surface area contributed by atoms with Gasteiger partial charge in [0.1, 0.15) is 0 Å². The van der Waals surface area contributed by atoms with Crippen LogP contribution < -0.4 is 0 Å². The summed E-state index contributed by atoms with van der Waals surface area (Å²) in [5, 5.41) is 0. The van der Waals surface area contributed by atoms with Gasteiger partial charge in [-0.2, -0.15) is 0 Å². The second kappa shape index (κ2) is 3.29. The van der Waals surface area contributed by atoms with Gasteiger partial charge in [0.2, 0.25) is 0 Å². The van der Waals surface area contributed by atoms with Gasteiger partial charge in [0, 0.05) is 0 Å². The normalized spacial score (nSPS) is 49.8. The van der Waals surface area contributed by atoms with Crippen LogP contribution in [0.2, 0.25) is 0 Å². The minimum absolute atomic E-state index is 1.19. The molecule has 0 nitrogen and oxygen atoms in total. The second-order valence-corrected chi connectivity index (χ2v) is 5.58. The van der Waals surface area contributed by atoms with Gasteiger partial charge in [-0.15, -0.1) is 0 Å². The molecule has 3 rings (SSSR count). The Labute approximate surface area is 82.1 Å². The molecule has 74 valence electrons. The van der Waals surface area contributed by atoms with Gasteiger partial charge < -0.3 is 0 Å². The van der Waals surface area contributed by atoms with Crippen LogP contribution >= 0.6 is 0 Å². The van der Waals surface area contributed by atoms with Gasteiger partial charge in [-0.1, -0.05) is 32.1 Å². The van der Waals surface area contributed by atoms with Crippen LogP contribution in [0, 0.1) is 23.7 Å². The predicted octanol–water partition coefficient (Wildman–Crippen LogP) is 4.00. The molecule has 3 saturated carbocycles. The zero-order chi connectivity index (χ0) is 8.67. The molecule has 0 heteroatoms. The maximum Gasteiger partial charge on any atom is -0.0352 e. The maximum atomic E-state index is 1.59. The van der Waals surface area contributed by atoms with Crippen molar-refractivity contribution in [3.63, 3.8) is 0 Å². The van der Waals surface area contributed by atoms with Crippen molar-refractivity contribution in [1.29, 1.82) is 0 Å². The van der Waals surface area contributed by atoms with Crippen LogP contribution in [0.15, 0.2) is 0 Å². The quantitative estimate of drug-likeness (QED) is 0.526. The van der Waals surface area contributed by atoms with Crippen molar-refractivity contribution >= 4 is 0 Å². The lowest BCUT2D eigenvalue weighted by Gasteiger charge is -2.55. The van der Waals surface area contributed by atoms with E-state index in [-0.39, 0.29) is 0 Å². The van der Waals surface area contributed by atoms with Crippen molar-refractivity contribution in [3.05, 3.63) is 0 Å².